The van der Waals surface area contributed by atoms with Crippen LogP contribution in [0.4, 0.5) is 0 Å². The molecule has 0 saturated carbocycles. The summed E-state index contributed by atoms with van der Waals surface area (Å²) in [6, 6.07) is 10.6. The van der Waals surface area contributed by atoms with Crippen molar-refractivity contribution in [2.75, 3.05) is 0 Å². The molecule has 2 rings (SSSR count). The second-order valence-electron chi connectivity index (χ2n) is 4.02. The van der Waals surface area contributed by atoms with Crippen LogP contribution in [0.1, 0.15) is 45.0 Å². The van der Waals surface area contributed by atoms with Gasteiger partial charge in [-0.1, -0.05) is 52.0 Å². The molecule has 1 heterocycles. The van der Waals surface area contributed by atoms with E-state index in [-0.39, 0.29) is 0 Å². The third-order valence-corrected chi connectivity index (χ3v) is 2.44. The number of aromatic nitrogens is 1. The van der Waals surface area contributed by atoms with Gasteiger partial charge in [0.25, 0.3) is 0 Å². The normalized spacial score (nSPS) is 10.1. The van der Waals surface area contributed by atoms with Crippen LogP contribution in [0, 0.1) is 6.92 Å². The fourth-order valence-corrected chi connectivity index (χ4v) is 1.80. The zero-order valence-electron chi connectivity index (χ0n) is 10.9. The Morgan fingerprint density at radius 3 is 2.31 bits per heavy atom. The van der Waals surface area contributed by atoms with Gasteiger partial charge in [-0.2, -0.15) is 0 Å². The van der Waals surface area contributed by atoms with Crippen molar-refractivity contribution in [2.24, 2.45) is 0 Å². The third kappa shape index (κ3) is 2.60. The molecule has 0 fully saturated rings. The molecule has 1 heteroatoms. The smallest absolute Gasteiger partial charge is 0.0510 e. The topological polar surface area (TPSA) is 12.9 Å². The van der Waals surface area contributed by atoms with Crippen molar-refractivity contribution in [3.63, 3.8) is 0 Å². The van der Waals surface area contributed by atoms with Gasteiger partial charge in [0.05, 0.1) is 5.69 Å². The molecule has 1 aromatic carbocycles. The maximum atomic E-state index is 4.60. The molecule has 0 N–H and O–H groups in total. The molecule has 0 radical (unpaired) electrons. The first-order valence-corrected chi connectivity index (χ1v) is 6.05. The minimum Gasteiger partial charge on any atom is -0.257 e. The molecule has 0 spiro atoms. The van der Waals surface area contributed by atoms with Crippen LogP contribution >= 0.6 is 0 Å². The molecule has 16 heavy (non-hydrogen) atoms. The number of pyridine rings is 1. The highest BCUT2D eigenvalue weighted by Crippen LogP contribution is 2.23. The monoisotopic (exact) mass is 215 g/mol. The van der Waals surface area contributed by atoms with E-state index in [1.165, 1.54) is 16.5 Å². The van der Waals surface area contributed by atoms with Crippen molar-refractivity contribution in [3.8, 4) is 0 Å². The first kappa shape index (κ1) is 12.7. The molecule has 0 saturated heterocycles. The van der Waals surface area contributed by atoms with Crippen LogP contribution in [-0.4, -0.2) is 4.98 Å². The molecular weight excluding hydrogens is 194 g/mol. The maximum Gasteiger partial charge on any atom is 0.0510 e. The Kier molecular flexibility index (Phi) is 4.48. The summed E-state index contributed by atoms with van der Waals surface area (Å²) < 4.78 is 0. The minimum atomic E-state index is 0.486. The highest BCUT2D eigenvalue weighted by molar-refractivity contribution is 5.85. The molecule has 0 amide bonds. The number of benzene rings is 1. The van der Waals surface area contributed by atoms with E-state index < -0.39 is 0 Å². The fraction of sp³-hybridized carbons (Fsp3) is 0.400. The van der Waals surface area contributed by atoms with E-state index in [2.05, 4.69) is 56.1 Å². The second-order valence-corrected chi connectivity index (χ2v) is 4.02. The van der Waals surface area contributed by atoms with E-state index in [0.717, 1.165) is 5.69 Å². The largest absolute Gasteiger partial charge is 0.257 e. The number of nitrogens with zero attached hydrogens (tertiary/aromatic N) is 1. The Balaban J connectivity index is 0.000000606. The Labute approximate surface area is 98.5 Å². The van der Waals surface area contributed by atoms with Gasteiger partial charge in [-0.15, -0.1) is 0 Å². The van der Waals surface area contributed by atoms with Gasteiger partial charge in [0.1, 0.15) is 0 Å². The lowest BCUT2D eigenvalue weighted by Crippen LogP contribution is -1.96. The van der Waals surface area contributed by atoms with Crippen molar-refractivity contribution >= 4 is 10.8 Å². The summed E-state index contributed by atoms with van der Waals surface area (Å²) in [6.07, 6.45) is 0. The molecule has 0 unspecified atom stereocenters. The van der Waals surface area contributed by atoms with Gasteiger partial charge in [0.15, 0.2) is 0 Å². The Morgan fingerprint density at radius 2 is 1.69 bits per heavy atom. The third-order valence-electron chi connectivity index (χ3n) is 2.44. The molecule has 2 aromatic rings. The summed E-state index contributed by atoms with van der Waals surface area (Å²) in [5, 5.41) is 2.58. The minimum absolute atomic E-state index is 0.486. The predicted octanol–water partition coefficient (Wildman–Crippen LogP) is 4.69. The highest BCUT2D eigenvalue weighted by atomic mass is 14.7. The van der Waals surface area contributed by atoms with Gasteiger partial charge in [-0.05, 0) is 24.3 Å². The van der Waals surface area contributed by atoms with Crippen molar-refractivity contribution < 1.29 is 0 Å². The fourth-order valence-electron chi connectivity index (χ4n) is 1.80. The molecule has 0 bridgehead atoms. The molecule has 1 aromatic heterocycles. The second kappa shape index (κ2) is 5.64. The molecule has 0 atom stereocenters. The van der Waals surface area contributed by atoms with Gasteiger partial charge < -0.3 is 0 Å². The van der Waals surface area contributed by atoms with E-state index in [1.54, 1.807) is 0 Å². The average Bonchev–Trinajstić information content (AvgIpc) is 2.30. The number of rotatable bonds is 1. The van der Waals surface area contributed by atoms with E-state index in [1.807, 2.05) is 13.8 Å². The Hall–Kier alpha value is -1.37. The van der Waals surface area contributed by atoms with E-state index >= 15 is 0 Å². The van der Waals surface area contributed by atoms with Crippen LogP contribution in [0.3, 0.4) is 0 Å². The maximum absolute atomic E-state index is 4.60. The molecule has 0 aliphatic carbocycles. The number of hydrogen-bond donors (Lipinski definition) is 0. The average molecular weight is 215 g/mol. The zero-order valence-corrected chi connectivity index (χ0v) is 10.9. The van der Waals surface area contributed by atoms with Crippen LogP contribution in [-0.2, 0) is 0 Å². The van der Waals surface area contributed by atoms with E-state index in [9.17, 15) is 0 Å². The van der Waals surface area contributed by atoms with Crippen molar-refractivity contribution in [2.45, 2.75) is 40.5 Å². The lowest BCUT2D eigenvalue weighted by Gasteiger charge is -2.09. The molecule has 0 aliphatic heterocycles. The summed E-state index contributed by atoms with van der Waals surface area (Å²) in [6.45, 7) is 10.4. The lowest BCUT2D eigenvalue weighted by molar-refractivity contribution is 0.828. The van der Waals surface area contributed by atoms with Crippen molar-refractivity contribution in [1.29, 1.82) is 0 Å². The van der Waals surface area contributed by atoms with Gasteiger partial charge in [0, 0.05) is 11.1 Å². The van der Waals surface area contributed by atoms with Gasteiger partial charge in [-0.3, -0.25) is 4.98 Å². The summed E-state index contributed by atoms with van der Waals surface area (Å²) in [7, 11) is 0. The highest BCUT2D eigenvalue weighted by Gasteiger charge is 2.06. The van der Waals surface area contributed by atoms with Crippen LogP contribution < -0.4 is 0 Å². The zero-order chi connectivity index (χ0) is 12.1. The molecule has 86 valence electrons. The van der Waals surface area contributed by atoms with Crippen LogP contribution in [0.15, 0.2) is 30.3 Å². The van der Waals surface area contributed by atoms with Crippen LogP contribution in [0.2, 0.25) is 0 Å². The van der Waals surface area contributed by atoms with Crippen molar-refractivity contribution in [3.05, 3.63) is 41.7 Å². The van der Waals surface area contributed by atoms with Gasteiger partial charge in [-0.25, -0.2) is 0 Å². The Bertz CT molecular complexity index is 458. The summed E-state index contributed by atoms with van der Waals surface area (Å²) in [5.74, 6) is 0.486. The molecular formula is C15H21N. The standard InChI is InChI=1S/C13H15N.C2H6/c1-9(2)13-12-7-5-4-6-11(12)8-10(3)14-13;1-2/h4-9H,1-3H3;1-2H3. The number of fused-ring (bicyclic) bond motifs is 1. The first-order valence-electron chi connectivity index (χ1n) is 6.05. The quantitative estimate of drug-likeness (QED) is 0.672. The molecule has 1 nitrogen and oxygen atoms in total. The van der Waals surface area contributed by atoms with E-state index in [4.69, 9.17) is 0 Å². The SMILES string of the molecule is CC.Cc1cc2ccccc2c(C(C)C)n1. The van der Waals surface area contributed by atoms with Gasteiger partial charge in [0.2, 0.25) is 0 Å². The molecule has 0 aliphatic rings. The summed E-state index contributed by atoms with van der Waals surface area (Å²) >= 11 is 0. The van der Waals surface area contributed by atoms with Gasteiger partial charge >= 0.3 is 0 Å². The van der Waals surface area contributed by atoms with E-state index in [0.29, 0.717) is 5.92 Å². The van der Waals surface area contributed by atoms with Crippen LogP contribution in [0.25, 0.3) is 10.8 Å². The van der Waals surface area contributed by atoms with Crippen molar-refractivity contribution in [1.82, 2.24) is 4.98 Å². The lowest BCUT2D eigenvalue weighted by atomic mass is 10.0. The number of aryl methyl sites for hydroxylation is 1. The van der Waals surface area contributed by atoms with Crippen LogP contribution in [0.5, 0.6) is 0 Å². The predicted molar refractivity (Wildman–Crippen MR) is 71.9 cm³/mol. The summed E-state index contributed by atoms with van der Waals surface area (Å²) in [5.41, 5.74) is 2.31. The first-order chi connectivity index (χ1) is 7.68. The number of hydrogen-bond acceptors (Lipinski definition) is 1. The Morgan fingerprint density at radius 1 is 1.06 bits per heavy atom. The summed E-state index contributed by atoms with van der Waals surface area (Å²) in [4.78, 5) is 4.60.